The Morgan fingerprint density at radius 3 is 2.54 bits per heavy atom. The number of hydrogen-bond acceptors (Lipinski definition) is 8. The summed E-state index contributed by atoms with van der Waals surface area (Å²) >= 11 is 0. The van der Waals surface area contributed by atoms with Gasteiger partial charge in [-0.2, -0.15) is 0 Å². The summed E-state index contributed by atoms with van der Waals surface area (Å²) in [6, 6.07) is 17.9. The Morgan fingerprint density at radius 2 is 1.78 bits per heavy atom. The minimum atomic E-state index is 0.00657. The highest BCUT2D eigenvalue weighted by Crippen LogP contribution is 2.32. The van der Waals surface area contributed by atoms with Crippen LogP contribution in [0.1, 0.15) is 5.56 Å². The average molecular weight is 502 g/mol. The summed E-state index contributed by atoms with van der Waals surface area (Å²) in [4.78, 5) is 20.5. The van der Waals surface area contributed by atoms with Gasteiger partial charge in [0.1, 0.15) is 11.5 Å². The van der Waals surface area contributed by atoms with Gasteiger partial charge in [-0.05, 0) is 42.0 Å². The zero-order chi connectivity index (χ0) is 25.8. The molecule has 10 heteroatoms. The van der Waals surface area contributed by atoms with E-state index in [-0.39, 0.29) is 12.5 Å². The highest BCUT2D eigenvalue weighted by molar-refractivity contribution is 5.78. The van der Waals surface area contributed by atoms with Crippen LogP contribution in [0.4, 0.5) is 11.6 Å². The lowest BCUT2D eigenvalue weighted by atomic mass is 10.1. The van der Waals surface area contributed by atoms with Crippen molar-refractivity contribution in [1.29, 1.82) is 0 Å². The van der Waals surface area contributed by atoms with Crippen LogP contribution in [0.5, 0.6) is 11.5 Å². The predicted octanol–water partition coefficient (Wildman–Crippen LogP) is 2.76. The van der Waals surface area contributed by atoms with Crippen molar-refractivity contribution >= 4 is 23.1 Å². The van der Waals surface area contributed by atoms with Gasteiger partial charge in [-0.25, -0.2) is 9.50 Å². The standard InChI is InChI=1S/C27H31N7O3/c1-36-24-6-4-3-5-21(24)23-10-8-20-17-29-27(31-34(20)23)30-22-9-7-19(15-25(22)37-2)18-32-11-13-33(14-12-32)26(35)16-28/h3-10,15,17H,11-14,16,18,28H2,1-2H3,(H,30,31). The van der Waals surface area contributed by atoms with E-state index >= 15 is 0 Å². The normalized spacial score (nSPS) is 14.1. The van der Waals surface area contributed by atoms with E-state index < -0.39 is 0 Å². The molecule has 0 atom stereocenters. The number of fused-ring (bicyclic) bond motifs is 1. The SMILES string of the molecule is COc1cc(CN2CCN(C(=O)CN)CC2)ccc1Nc1ncc2ccc(-c3ccccc3OC)n2n1. The van der Waals surface area contributed by atoms with Gasteiger partial charge in [0.25, 0.3) is 0 Å². The second kappa shape index (κ2) is 10.9. The first-order valence-corrected chi connectivity index (χ1v) is 12.2. The van der Waals surface area contributed by atoms with Crippen molar-refractivity contribution in [3.8, 4) is 22.8 Å². The van der Waals surface area contributed by atoms with Gasteiger partial charge < -0.3 is 25.4 Å². The largest absolute Gasteiger partial charge is 0.496 e. The number of rotatable bonds is 8. The van der Waals surface area contributed by atoms with Crippen molar-refractivity contribution in [2.45, 2.75) is 6.54 Å². The summed E-state index contributed by atoms with van der Waals surface area (Å²) in [6.45, 7) is 3.86. The molecule has 2 aromatic heterocycles. The molecule has 0 spiro atoms. The fraction of sp³-hybridized carbons (Fsp3) is 0.296. The van der Waals surface area contributed by atoms with Crippen LogP contribution in [0.15, 0.2) is 60.8 Å². The first-order chi connectivity index (χ1) is 18.1. The molecule has 1 aliphatic rings. The van der Waals surface area contributed by atoms with E-state index in [1.54, 1.807) is 20.4 Å². The highest BCUT2D eigenvalue weighted by atomic mass is 16.5. The number of nitrogens with one attached hydrogen (secondary N) is 1. The molecule has 1 amide bonds. The van der Waals surface area contributed by atoms with Crippen molar-refractivity contribution in [2.24, 2.45) is 5.73 Å². The van der Waals surface area contributed by atoms with E-state index in [1.165, 1.54) is 0 Å². The molecule has 10 nitrogen and oxygen atoms in total. The molecule has 0 unspecified atom stereocenters. The van der Waals surface area contributed by atoms with E-state index in [0.29, 0.717) is 24.8 Å². The van der Waals surface area contributed by atoms with Gasteiger partial charge in [-0.1, -0.05) is 18.2 Å². The van der Waals surface area contributed by atoms with Crippen molar-refractivity contribution < 1.29 is 14.3 Å². The molecule has 0 saturated carbocycles. The number of nitrogens with two attached hydrogens (primary N) is 1. The molecule has 192 valence electrons. The van der Waals surface area contributed by atoms with Crippen LogP contribution in [-0.2, 0) is 11.3 Å². The number of anilines is 2. The van der Waals surface area contributed by atoms with Crippen LogP contribution >= 0.6 is 0 Å². The molecule has 0 radical (unpaired) electrons. The Labute approximate surface area is 215 Å². The van der Waals surface area contributed by atoms with Crippen LogP contribution in [0, 0.1) is 0 Å². The molecule has 37 heavy (non-hydrogen) atoms. The number of ether oxygens (including phenoxy) is 2. The van der Waals surface area contributed by atoms with Crippen molar-refractivity contribution in [3.63, 3.8) is 0 Å². The molecule has 5 rings (SSSR count). The van der Waals surface area contributed by atoms with E-state index in [2.05, 4.69) is 21.3 Å². The number of amides is 1. The molecular formula is C27H31N7O3. The quantitative estimate of drug-likeness (QED) is 0.379. The number of para-hydroxylation sites is 1. The van der Waals surface area contributed by atoms with Crippen molar-refractivity contribution in [3.05, 3.63) is 66.4 Å². The Hall–Kier alpha value is -4.15. The van der Waals surface area contributed by atoms with Gasteiger partial charge in [-0.3, -0.25) is 9.69 Å². The molecule has 1 aliphatic heterocycles. The smallest absolute Gasteiger partial charge is 0.245 e. The van der Waals surface area contributed by atoms with E-state index in [0.717, 1.165) is 53.4 Å². The molecule has 4 aromatic rings. The Balaban J connectivity index is 1.33. The summed E-state index contributed by atoms with van der Waals surface area (Å²) in [5, 5.41) is 8.04. The third kappa shape index (κ3) is 5.20. The van der Waals surface area contributed by atoms with Gasteiger partial charge >= 0.3 is 0 Å². The lowest BCUT2D eigenvalue weighted by Crippen LogP contribution is -2.49. The molecule has 3 N–H and O–H groups in total. The van der Waals surface area contributed by atoms with Crippen LogP contribution in [-0.4, -0.2) is 77.2 Å². The van der Waals surface area contributed by atoms with Gasteiger partial charge in [0.05, 0.1) is 43.9 Å². The maximum atomic E-state index is 11.8. The minimum absolute atomic E-state index is 0.00657. The monoisotopic (exact) mass is 501 g/mol. The summed E-state index contributed by atoms with van der Waals surface area (Å²) in [5.41, 5.74) is 10.1. The number of aromatic nitrogens is 3. The molecule has 1 saturated heterocycles. The fourth-order valence-corrected chi connectivity index (χ4v) is 4.62. The third-order valence-electron chi connectivity index (χ3n) is 6.60. The van der Waals surface area contributed by atoms with Crippen LogP contribution < -0.4 is 20.5 Å². The number of piperazine rings is 1. The summed E-state index contributed by atoms with van der Waals surface area (Å²) in [6.07, 6.45) is 1.78. The Bertz CT molecular complexity index is 1400. The molecule has 1 fully saturated rings. The topological polar surface area (TPSA) is 110 Å². The molecule has 2 aromatic carbocycles. The highest BCUT2D eigenvalue weighted by Gasteiger charge is 2.20. The zero-order valence-electron chi connectivity index (χ0n) is 21.1. The van der Waals surface area contributed by atoms with Crippen LogP contribution in [0.25, 0.3) is 16.8 Å². The fourth-order valence-electron chi connectivity index (χ4n) is 4.62. The number of carbonyl (C=O) groups excluding carboxylic acids is 1. The number of benzene rings is 2. The maximum absolute atomic E-state index is 11.8. The number of nitrogens with zero attached hydrogens (tertiary/aromatic N) is 5. The lowest BCUT2D eigenvalue weighted by Gasteiger charge is -2.34. The van der Waals surface area contributed by atoms with E-state index in [4.69, 9.17) is 20.3 Å². The van der Waals surface area contributed by atoms with Gasteiger partial charge in [0.15, 0.2) is 0 Å². The Morgan fingerprint density at radius 1 is 1.00 bits per heavy atom. The number of methoxy groups -OCH3 is 2. The van der Waals surface area contributed by atoms with Crippen LogP contribution in [0.3, 0.4) is 0 Å². The Kier molecular flexibility index (Phi) is 7.20. The van der Waals surface area contributed by atoms with Gasteiger partial charge in [0.2, 0.25) is 11.9 Å². The summed E-state index contributed by atoms with van der Waals surface area (Å²) < 4.78 is 13.1. The average Bonchev–Trinajstić information content (AvgIpc) is 3.37. The van der Waals surface area contributed by atoms with E-state index in [1.807, 2.05) is 57.9 Å². The van der Waals surface area contributed by atoms with Gasteiger partial charge in [0, 0.05) is 38.3 Å². The van der Waals surface area contributed by atoms with E-state index in [9.17, 15) is 4.79 Å². The summed E-state index contributed by atoms with van der Waals surface area (Å²) in [7, 11) is 3.31. The summed E-state index contributed by atoms with van der Waals surface area (Å²) in [5.74, 6) is 1.94. The predicted molar refractivity (Wildman–Crippen MR) is 142 cm³/mol. The molecular weight excluding hydrogens is 470 g/mol. The number of carbonyl (C=O) groups is 1. The second-order valence-electron chi connectivity index (χ2n) is 8.86. The van der Waals surface area contributed by atoms with Crippen LogP contribution in [0.2, 0.25) is 0 Å². The van der Waals surface area contributed by atoms with Crippen molar-refractivity contribution in [1.82, 2.24) is 24.4 Å². The lowest BCUT2D eigenvalue weighted by molar-refractivity contribution is -0.131. The first-order valence-electron chi connectivity index (χ1n) is 12.2. The maximum Gasteiger partial charge on any atom is 0.245 e. The molecule has 0 bridgehead atoms. The second-order valence-corrected chi connectivity index (χ2v) is 8.86. The van der Waals surface area contributed by atoms with Gasteiger partial charge in [-0.15, -0.1) is 5.10 Å². The van der Waals surface area contributed by atoms with Crippen molar-refractivity contribution in [2.75, 3.05) is 52.3 Å². The molecule has 3 heterocycles. The number of hydrogen-bond donors (Lipinski definition) is 2. The first kappa shape index (κ1) is 24.5. The zero-order valence-corrected chi connectivity index (χ0v) is 21.1. The molecule has 0 aliphatic carbocycles. The third-order valence-corrected chi connectivity index (χ3v) is 6.60. The minimum Gasteiger partial charge on any atom is -0.496 e.